The maximum atomic E-state index is 12.3. The number of fused-ring (bicyclic) bond motifs is 1. The van der Waals surface area contributed by atoms with Crippen molar-refractivity contribution in [2.24, 2.45) is 0 Å². The van der Waals surface area contributed by atoms with E-state index >= 15 is 0 Å². The van der Waals surface area contributed by atoms with Gasteiger partial charge in [-0.3, -0.25) is 0 Å². The number of benzene rings is 1. The smallest absolute Gasteiger partial charge is 0.214 e. The average Bonchev–Trinajstić information content (AvgIpc) is 2.50. The van der Waals surface area contributed by atoms with Crippen molar-refractivity contribution in [1.82, 2.24) is 4.31 Å². The summed E-state index contributed by atoms with van der Waals surface area (Å²) in [5.74, 6) is 1.31. The molecule has 0 aromatic heterocycles. The summed E-state index contributed by atoms with van der Waals surface area (Å²) in [6.45, 7) is 5.65. The second-order valence-corrected chi connectivity index (χ2v) is 8.59. The van der Waals surface area contributed by atoms with Crippen LogP contribution in [0.15, 0.2) is 18.2 Å². The van der Waals surface area contributed by atoms with Crippen LogP contribution in [0.5, 0.6) is 11.5 Å². The van der Waals surface area contributed by atoms with Crippen LogP contribution in [0, 0.1) is 0 Å². The lowest BCUT2D eigenvalue weighted by Crippen LogP contribution is -2.42. The Morgan fingerprint density at radius 1 is 1.43 bits per heavy atom. The van der Waals surface area contributed by atoms with E-state index in [9.17, 15) is 8.42 Å². The Morgan fingerprint density at radius 3 is 2.74 bits per heavy atom. The van der Waals surface area contributed by atoms with Crippen LogP contribution in [0.2, 0.25) is 0 Å². The molecule has 1 unspecified atom stereocenters. The number of hydrogen-bond donors (Lipinski definition) is 1. The van der Waals surface area contributed by atoms with E-state index in [-0.39, 0.29) is 25.0 Å². The van der Waals surface area contributed by atoms with Crippen LogP contribution in [0.3, 0.4) is 0 Å². The van der Waals surface area contributed by atoms with E-state index in [1.807, 2.05) is 13.8 Å². The lowest BCUT2D eigenvalue weighted by Gasteiger charge is -2.40. The van der Waals surface area contributed by atoms with Crippen LogP contribution in [0.1, 0.15) is 38.8 Å². The molecular formula is C16H25NO5S. The minimum Gasteiger partial charge on any atom is -0.491 e. The van der Waals surface area contributed by atoms with Crippen molar-refractivity contribution in [3.05, 3.63) is 23.8 Å². The number of nitrogens with zero attached hydrogens (tertiary/aromatic N) is 1. The maximum absolute atomic E-state index is 12.3. The normalized spacial score (nSPS) is 20.0. The van der Waals surface area contributed by atoms with Gasteiger partial charge in [-0.05, 0) is 39.0 Å². The summed E-state index contributed by atoms with van der Waals surface area (Å²) in [5.41, 5.74) is 0.335. The van der Waals surface area contributed by atoms with Crippen LogP contribution in [0.25, 0.3) is 0 Å². The number of hydrogen-bond acceptors (Lipinski definition) is 5. The molecule has 1 aliphatic rings. The molecule has 1 aromatic carbocycles. The molecule has 0 saturated heterocycles. The molecule has 6 nitrogen and oxygen atoms in total. The minimum atomic E-state index is -3.32. The quantitative estimate of drug-likeness (QED) is 0.854. The minimum absolute atomic E-state index is 0.0529. The van der Waals surface area contributed by atoms with Crippen molar-refractivity contribution in [3.63, 3.8) is 0 Å². The Hall–Kier alpha value is -1.31. The predicted octanol–water partition coefficient (Wildman–Crippen LogP) is 1.94. The molecule has 7 heteroatoms. The van der Waals surface area contributed by atoms with Crippen molar-refractivity contribution >= 4 is 10.0 Å². The molecule has 23 heavy (non-hydrogen) atoms. The van der Waals surface area contributed by atoms with E-state index in [4.69, 9.17) is 14.6 Å². The summed E-state index contributed by atoms with van der Waals surface area (Å²) in [7, 11) is -1.72. The van der Waals surface area contributed by atoms with Gasteiger partial charge in [0.1, 0.15) is 23.7 Å². The molecule has 0 saturated carbocycles. The topological polar surface area (TPSA) is 76.1 Å². The maximum Gasteiger partial charge on any atom is 0.214 e. The summed E-state index contributed by atoms with van der Waals surface area (Å²) in [5, 5.41) is 8.88. The zero-order valence-electron chi connectivity index (χ0n) is 14.1. The van der Waals surface area contributed by atoms with Gasteiger partial charge < -0.3 is 14.6 Å². The zero-order valence-corrected chi connectivity index (χ0v) is 14.9. The van der Waals surface area contributed by atoms with E-state index in [1.54, 1.807) is 32.2 Å². The fraction of sp³-hybridized carbons (Fsp3) is 0.625. The highest BCUT2D eigenvalue weighted by atomic mass is 32.2. The summed E-state index contributed by atoms with van der Waals surface area (Å²) in [6, 6.07) is 5.05. The Morgan fingerprint density at radius 2 is 2.13 bits per heavy atom. The van der Waals surface area contributed by atoms with Gasteiger partial charge in [0.05, 0.1) is 18.4 Å². The van der Waals surface area contributed by atoms with Gasteiger partial charge in [0, 0.05) is 19.0 Å². The number of sulfonamides is 1. The van der Waals surface area contributed by atoms with Gasteiger partial charge in [-0.15, -0.1) is 0 Å². The highest BCUT2D eigenvalue weighted by molar-refractivity contribution is 7.89. The number of aliphatic hydroxyl groups excluding tert-OH is 1. The molecule has 1 atom stereocenters. The molecule has 0 amide bonds. The predicted molar refractivity (Wildman–Crippen MR) is 88.3 cm³/mol. The molecule has 130 valence electrons. The lowest BCUT2D eigenvalue weighted by molar-refractivity contribution is 0.0538. The Balaban J connectivity index is 2.44. The van der Waals surface area contributed by atoms with Gasteiger partial charge in [-0.2, -0.15) is 4.31 Å². The first-order valence-electron chi connectivity index (χ1n) is 7.72. The van der Waals surface area contributed by atoms with Crippen LogP contribution in [0.4, 0.5) is 0 Å². The Labute approximate surface area is 138 Å². The summed E-state index contributed by atoms with van der Waals surface area (Å²) < 4.78 is 37.4. The third kappa shape index (κ3) is 3.97. The van der Waals surface area contributed by atoms with E-state index in [2.05, 4.69) is 0 Å². The van der Waals surface area contributed by atoms with E-state index in [0.717, 1.165) is 5.56 Å². The monoisotopic (exact) mass is 343 g/mol. The summed E-state index contributed by atoms with van der Waals surface area (Å²) in [4.78, 5) is 0. The zero-order chi connectivity index (χ0) is 17.3. The highest BCUT2D eigenvalue weighted by Gasteiger charge is 2.39. The fourth-order valence-electron chi connectivity index (χ4n) is 2.77. The van der Waals surface area contributed by atoms with Crippen LogP contribution < -0.4 is 9.47 Å². The average molecular weight is 343 g/mol. The first kappa shape index (κ1) is 18.0. The van der Waals surface area contributed by atoms with Crippen molar-refractivity contribution in [1.29, 1.82) is 0 Å². The third-order valence-electron chi connectivity index (χ3n) is 4.01. The molecule has 0 bridgehead atoms. The van der Waals surface area contributed by atoms with Gasteiger partial charge >= 0.3 is 0 Å². The van der Waals surface area contributed by atoms with E-state index < -0.39 is 15.6 Å². The first-order chi connectivity index (χ1) is 10.7. The van der Waals surface area contributed by atoms with Crippen molar-refractivity contribution < 1.29 is 23.0 Å². The molecule has 0 aliphatic carbocycles. The van der Waals surface area contributed by atoms with Crippen LogP contribution in [-0.2, 0) is 10.0 Å². The van der Waals surface area contributed by atoms with E-state index in [1.165, 1.54) is 4.31 Å². The molecule has 0 radical (unpaired) electrons. The second-order valence-electron chi connectivity index (χ2n) is 6.27. The van der Waals surface area contributed by atoms with Crippen molar-refractivity contribution in [3.8, 4) is 11.5 Å². The largest absolute Gasteiger partial charge is 0.491 e. The summed E-state index contributed by atoms with van der Waals surface area (Å²) >= 11 is 0. The van der Waals surface area contributed by atoms with Gasteiger partial charge in [-0.25, -0.2) is 8.42 Å². The summed E-state index contributed by atoms with van der Waals surface area (Å²) in [6.07, 6.45) is 0.555. The van der Waals surface area contributed by atoms with Crippen LogP contribution >= 0.6 is 0 Å². The fourth-order valence-corrected chi connectivity index (χ4v) is 3.75. The molecule has 2 rings (SSSR count). The molecule has 0 fully saturated rings. The number of rotatable bonds is 6. The van der Waals surface area contributed by atoms with Crippen LogP contribution in [-0.4, -0.2) is 49.4 Å². The second kappa shape index (κ2) is 6.67. The van der Waals surface area contributed by atoms with Crippen molar-refractivity contribution in [2.45, 2.75) is 38.8 Å². The Bertz CT molecular complexity index is 656. The van der Waals surface area contributed by atoms with E-state index in [0.29, 0.717) is 17.9 Å². The van der Waals surface area contributed by atoms with Gasteiger partial charge in [0.25, 0.3) is 0 Å². The van der Waals surface area contributed by atoms with Gasteiger partial charge in [0.2, 0.25) is 10.0 Å². The standard InChI is InChI=1S/C16H25NO5S/c1-5-23(19,20)17(4)14-11-16(2,3)22-15-7-6-12(10-13(14)15)21-9-8-18/h6-7,10,14,18H,5,8-9,11H2,1-4H3. The van der Waals surface area contributed by atoms with Gasteiger partial charge in [0.15, 0.2) is 0 Å². The van der Waals surface area contributed by atoms with Crippen molar-refractivity contribution in [2.75, 3.05) is 26.0 Å². The molecule has 1 aliphatic heterocycles. The highest BCUT2D eigenvalue weighted by Crippen LogP contribution is 2.44. The first-order valence-corrected chi connectivity index (χ1v) is 9.33. The molecular weight excluding hydrogens is 318 g/mol. The number of aliphatic hydroxyl groups is 1. The lowest BCUT2D eigenvalue weighted by atomic mass is 9.89. The van der Waals surface area contributed by atoms with Gasteiger partial charge in [-0.1, -0.05) is 0 Å². The SMILES string of the molecule is CCS(=O)(=O)N(C)C1CC(C)(C)Oc2ccc(OCCO)cc21. The Kier molecular flexibility index (Phi) is 5.23. The molecule has 0 spiro atoms. The molecule has 1 heterocycles. The third-order valence-corrected chi connectivity index (χ3v) is 5.88. The molecule has 1 N–H and O–H groups in total. The molecule has 1 aromatic rings. The number of ether oxygens (including phenoxy) is 2.